The molecule has 0 aromatic heterocycles. The highest BCUT2D eigenvalue weighted by molar-refractivity contribution is 6.30. The van der Waals surface area contributed by atoms with Crippen molar-refractivity contribution in [3.63, 3.8) is 0 Å². The van der Waals surface area contributed by atoms with Crippen LogP contribution in [0, 0.1) is 6.92 Å². The van der Waals surface area contributed by atoms with Crippen LogP contribution < -0.4 is 5.73 Å². The Bertz CT molecular complexity index is 317. The number of hydrogen-bond donors (Lipinski definition) is 3. The summed E-state index contributed by atoms with van der Waals surface area (Å²) in [6, 6.07) is 5.11. The van der Waals surface area contributed by atoms with Gasteiger partial charge in [0.15, 0.2) is 0 Å². The molecule has 0 aliphatic heterocycles. The summed E-state index contributed by atoms with van der Waals surface area (Å²) in [6.07, 6.45) is -1.88. The Morgan fingerprint density at radius 2 is 2.07 bits per heavy atom. The zero-order valence-electron chi connectivity index (χ0n) is 7.94. The fraction of sp³-hybridized carbons (Fsp3) is 0.400. The zero-order valence-corrected chi connectivity index (χ0v) is 8.70. The molecule has 2 atom stereocenters. The van der Waals surface area contributed by atoms with Crippen LogP contribution in [0.25, 0.3) is 0 Å². The molecule has 0 bridgehead atoms. The number of aryl methyl sites for hydroxylation is 1. The summed E-state index contributed by atoms with van der Waals surface area (Å²) >= 11 is 5.77. The molecule has 0 amide bonds. The van der Waals surface area contributed by atoms with E-state index in [1.807, 2.05) is 6.92 Å². The largest absolute Gasteiger partial charge is 0.389 e. The first-order valence-electron chi connectivity index (χ1n) is 4.38. The average Bonchev–Trinajstić information content (AvgIpc) is 2.15. The standard InChI is InChI=1S/C10H14ClNO2/c1-6-4-7(11)2-3-8(6)10(14)9(13)5-12/h2-4,9-10,13-14H,5,12H2,1H3. The summed E-state index contributed by atoms with van der Waals surface area (Å²) in [5.41, 5.74) is 6.76. The van der Waals surface area contributed by atoms with Gasteiger partial charge in [-0.2, -0.15) is 0 Å². The molecule has 0 spiro atoms. The molecular weight excluding hydrogens is 202 g/mol. The summed E-state index contributed by atoms with van der Waals surface area (Å²) in [6.45, 7) is 1.86. The van der Waals surface area contributed by atoms with E-state index in [2.05, 4.69) is 0 Å². The van der Waals surface area contributed by atoms with Crippen LogP contribution in [0.3, 0.4) is 0 Å². The molecule has 14 heavy (non-hydrogen) atoms. The Morgan fingerprint density at radius 3 is 2.57 bits per heavy atom. The van der Waals surface area contributed by atoms with Crippen molar-refractivity contribution < 1.29 is 10.2 Å². The number of aliphatic hydroxyl groups is 2. The van der Waals surface area contributed by atoms with Gasteiger partial charge in [0.2, 0.25) is 0 Å². The van der Waals surface area contributed by atoms with Crippen molar-refractivity contribution in [3.8, 4) is 0 Å². The summed E-state index contributed by atoms with van der Waals surface area (Å²) < 4.78 is 0. The van der Waals surface area contributed by atoms with Gasteiger partial charge in [0.25, 0.3) is 0 Å². The second-order valence-corrected chi connectivity index (χ2v) is 3.69. The van der Waals surface area contributed by atoms with E-state index in [0.29, 0.717) is 10.6 Å². The van der Waals surface area contributed by atoms with E-state index in [4.69, 9.17) is 17.3 Å². The third-order valence-electron chi connectivity index (χ3n) is 2.16. The quantitative estimate of drug-likeness (QED) is 0.705. The Balaban J connectivity index is 2.95. The number of nitrogens with two attached hydrogens (primary N) is 1. The van der Waals surface area contributed by atoms with Crippen molar-refractivity contribution in [2.75, 3.05) is 6.54 Å². The predicted molar refractivity (Wildman–Crippen MR) is 56.2 cm³/mol. The number of aliphatic hydroxyl groups excluding tert-OH is 2. The molecule has 0 fully saturated rings. The molecule has 2 unspecified atom stereocenters. The number of benzene rings is 1. The van der Waals surface area contributed by atoms with Gasteiger partial charge < -0.3 is 15.9 Å². The zero-order chi connectivity index (χ0) is 10.7. The van der Waals surface area contributed by atoms with Gasteiger partial charge in [-0.3, -0.25) is 0 Å². The van der Waals surface area contributed by atoms with Crippen LogP contribution in [0.2, 0.25) is 5.02 Å². The molecule has 4 heteroatoms. The van der Waals surface area contributed by atoms with Crippen LogP contribution >= 0.6 is 11.6 Å². The van der Waals surface area contributed by atoms with Gasteiger partial charge in [0.1, 0.15) is 6.10 Å². The van der Waals surface area contributed by atoms with Crippen LogP contribution in [-0.2, 0) is 0 Å². The van der Waals surface area contributed by atoms with E-state index in [-0.39, 0.29) is 6.54 Å². The smallest absolute Gasteiger partial charge is 0.106 e. The fourth-order valence-corrected chi connectivity index (χ4v) is 1.53. The maximum absolute atomic E-state index is 9.69. The van der Waals surface area contributed by atoms with Gasteiger partial charge in [-0.1, -0.05) is 17.7 Å². The number of hydrogen-bond acceptors (Lipinski definition) is 3. The molecule has 0 aliphatic carbocycles. The topological polar surface area (TPSA) is 66.5 Å². The second-order valence-electron chi connectivity index (χ2n) is 3.25. The lowest BCUT2D eigenvalue weighted by Gasteiger charge is -2.18. The van der Waals surface area contributed by atoms with E-state index in [1.54, 1.807) is 18.2 Å². The molecule has 1 rings (SSSR count). The average molecular weight is 216 g/mol. The Kier molecular flexibility index (Phi) is 3.89. The van der Waals surface area contributed by atoms with Crippen molar-refractivity contribution in [1.82, 2.24) is 0 Å². The molecule has 1 aromatic carbocycles. The van der Waals surface area contributed by atoms with Crippen LogP contribution in [0.15, 0.2) is 18.2 Å². The van der Waals surface area contributed by atoms with Crippen molar-refractivity contribution >= 4 is 11.6 Å². The molecule has 1 aromatic rings. The number of halogens is 1. The molecule has 3 nitrogen and oxygen atoms in total. The SMILES string of the molecule is Cc1cc(Cl)ccc1C(O)C(O)CN. The van der Waals surface area contributed by atoms with E-state index in [0.717, 1.165) is 5.56 Å². The number of rotatable bonds is 3. The fourth-order valence-electron chi connectivity index (χ4n) is 1.31. The van der Waals surface area contributed by atoms with Crippen molar-refractivity contribution in [2.24, 2.45) is 5.73 Å². The van der Waals surface area contributed by atoms with Crippen LogP contribution in [0.5, 0.6) is 0 Å². The Hall–Kier alpha value is -0.610. The van der Waals surface area contributed by atoms with E-state index in [9.17, 15) is 10.2 Å². The Labute approximate surface area is 88.1 Å². The molecular formula is C10H14ClNO2. The summed E-state index contributed by atoms with van der Waals surface area (Å²) in [5.74, 6) is 0. The van der Waals surface area contributed by atoms with E-state index >= 15 is 0 Å². The van der Waals surface area contributed by atoms with E-state index < -0.39 is 12.2 Å². The lowest BCUT2D eigenvalue weighted by Crippen LogP contribution is -2.27. The van der Waals surface area contributed by atoms with Gasteiger partial charge in [-0.25, -0.2) is 0 Å². The minimum absolute atomic E-state index is 0.0310. The first-order chi connectivity index (χ1) is 6.56. The van der Waals surface area contributed by atoms with Gasteiger partial charge in [0, 0.05) is 11.6 Å². The van der Waals surface area contributed by atoms with Crippen molar-refractivity contribution in [2.45, 2.75) is 19.1 Å². The third kappa shape index (κ3) is 2.45. The lowest BCUT2D eigenvalue weighted by atomic mass is 10.00. The molecule has 78 valence electrons. The summed E-state index contributed by atoms with van der Waals surface area (Å²) in [4.78, 5) is 0. The van der Waals surface area contributed by atoms with Crippen LogP contribution in [-0.4, -0.2) is 22.9 Å². The molecule has 0 aliphatic rings. The Morgan fingerprint density at radius 1 is 1.43 bits per heavy atom. The maximum atomic E-state index is 9.69. The highest BCUT2D eigenvalue weighted by Crippen LogP contribution is 2.23. The predicted octanol–water partition coefficient (Wildman–Crippen LogP) is 1.00. The highest BCUT2D eigenvalue weighted by Gasteiger charge is 2.18. The minimum atomic E-state index is -0.947. The first kappa shape index (κ1) is 11.5. The van der Waals surface area contributed by atoms with Crippen molar-refractivity contribution in [3.05, 3.63) is 34.3 Å². The van der Waals surface area contributed by atoms with Gasteiger partial charge >= 0.3 is 0 Å². The lowest BCUT2D eigenvalue weighted by molar-refractivity contribution is 0.0240. The first-order valence-corrected chi connectivity index (χ1v) is 4.76. The molecule has 0 saturated heterocycles. The van der Waals surface area contributed by atoms with Gasteiger partial charge in [-0.15, -0.1) is 0 Å². The minimum Gasteiger partial charge on any atom is -0.389 e. The molecule has 0 heterocycles. The third-order valence-corrected chi connectivity index (χ3v) is 2.39. The maximum Gasteiger partial charge on any atom is 0.106 e. The van der Waals surface area contributed by atoms with Gasteiger partial charge in [-0.05, 0) is 30.2 Å². The van der Waals surface area contributed by atoms with Crippen molar-refractivity contribution in [1.29, 1.82) is 0 Å². The normalized spacial score (nSPS) is 15.2. The van der Waals surface area contributed by atoms with Crippen LogP contribution in [0.1, 0.15) is 17.2 Å². The monoisotopic (exact) mass is 215 g/mol. The van der Waals surface area contributed by atoms with Gasteiger partial charge in [0.05, 0.1) is 6.10 Å². The van der Waals surface area contributed by atoms with Crippen LogP contribution in [0.4, 0.5) is 0 Å². The second kappa shape index (κ2) is 4.75. The molecule has 0 saturated carbocycles. The van der Waals surface area contributed by atoms with E-state index in [1.165, 1.54) is 0 Å². The summed E-state index contributed by atoms with van der Waals surface area (Å²) in [5, 5.41) is 19.7. The molecule has 0 radical (unpaired) electrons. The highest BCUT2D eigenvalue weighted by atomic mass is 35.5. The summed E-state index contributed by atoms with van der Waals surface area (Å²) in [7, 11) is 0. The molecule has 4 N–H and O–H groups in total.